The summed E-state index contributed by atoms with van der Waals surface area (Å²) in [6.07, 6.45) is 0. The number of nitrogens with two attached hydrogens (primary N) is 1. The molecule has 2 rings (SSSR count). The molecule has 37 heavy (non-hydrogen) atoms. The lowest BCUT2D eigenvalue weighted by atomic mass is 10.1. The van der Waals surface area contributed by atoms with Gasteiger partial charge in [0.25, 0.3) is 0 Å². The van der Waals surface area contributed by atoms with E-state index in [9.17, 15) is 18.4 Å². The number of hydrogen-bond acceptors (Lipinski definition) is 4. The lowest BCUT2D eigenvalue weighted by molar-refractivity contribution is 0.236. The molecule has 0 aliphatic heterocycles. The first-order chi connectivity index (χ1) is 16.5. The molecule has 13 heteroatoms. The number of amides is 4. The lowest BCUT2D eigenvalue weighted by Gasteiger charge is -2.24. The molecule has 0 aliphatic carbocycles. The highest BCUT2D eigenvalue weighted by atomic mass is 35.5. The zero-order valence-electron chi connectivity index (χ0n) is 21.9. The average Bonchev–Trinajstić information content (AvgIpc) is 2.71. The van der Waals surface area contributed by atoms with E-state index in [1.165, 1.54) is 42.1 Å². The van der Waals surface area contributed by atoms with Crippen molar-refractivity contribution in [2.45, 2.75) is 40.2 Å². The maximum absolute atomic E-state index is 13.8. The predicted molar refractivity (Wildman–Crippen MR) is 146 cm³/mol. The number of aryl methyl sites for hydroxylation is 2. The van der Waals surface area contributed by atoms with E-state index in [2.05, 4.69) is 16.0 Å². The molecule has 0 bridgehead atoms. The quantitative estimate of drug-likeness (QED) is 0.250. The van der Waals surface area contributed by atoms with Gasteiger partial charge in [0.05, 0.1) is 11.4 Å². The number of primary amides is 1. The van der Waals surface area contributed by atoms with Gasteiger partial charge in [-0.15, -0.1) is 12.4 Å². The predicted octanol–water partition coefficient (Wildman–Crippen LogP) is 4.20. The molecule has 0 saturated carbocycles. The summed E-state index contributed by atoms with van der Waals surface area (Å²) < 4.78 is 27.3. The van der Waals surface area contributed by atoms with Crippen molar-refractivity contribution in [3.63, 3.8) is 0 Å². The van der Waals surface area contributed by atoms with E-state index in [0.29, 0.717) is 0 Å². The molecule has 2 aromatic carbocycles. The molecule has 0 saturated heterocycles. The van der Waals surface area contributed by atoms with Crippen LogP contribution in [0.25, 0.3) is 0 Å². The van der Waals surface area contributed by atoms with Gasteiger partial charge in [-0.2, -0.15) is 0 Å². The van der Waals surface area contributed by atoms with Crippen LogP contribution in [0, 0.1) is 36.3 Å². The fourth-order valence-electron chi connectivity index (χ4n) is 2.77. The third-order valence-corrected chi connectivity index (χ3v) is 4.56. The van der Waals surface area contributed by atoms with Crippen LogP contribution >= 0.6 is 12.4 Å². The van der Waals surface area contributed by atoms with E-state index >= 15 is 0 Å². The number of carbonyl (C=O) groups excluding carboxylic acids is 2. The van der Waals surface area contributed by atoms with Gasteiger partial charge in [0.2, 0.25) is 11.9 Å². The van der Waals surface area contributed by atoms with Crippen LogP contribution in [0.4, 0.5) is 29.7 Å². The number of benzene rings is 2. The van der Waals surface area contributed by atoms with Crippen molar-refractivity contribution < 1.29 is 18.4 Å². The van der Waals surface area contributed by atoms with Gasteiger partial charge >= 0.3 is 12.1 Å². The molecular weight excluding hydrogens is 506 g/mol. The molecule has 0 aromatic heterocycles. The van der Waals surface area contributed by atoms with Crippen LogP contribution < -0.4 is 31.5 Å². The monoisotopic (exact) mass is 540 g/mol. The van der Waals surface area contributed by atoms with Gasteiger partial charge in [-0.1, -0.05) is 12.1 Å². The van der Waals surface area contributed by atoms with Crippen LogP contribution in [0.1, 0.15) is 31.9 Å². The van der Waals surface area contributed by atoms with Crippen LogP contribution in [0.5, 0.6) is 0 Å². The van der Waals surface area contributed by atoms with Crippen molar-refractivity contribution in [2.75, 3.05) is 23.9 Å². The van der Waals surface area contributed by atoms with Crippen LogP contribution in [-0.2, 0) is 0 Å². The topological polar surface area (TPSA) is 150 Å². The van der Waals surface area contributed by atoms with Crippen molar-refractivity contribution in [1.29, 1.82) is 10.8 Å². The molecule has 4 amide bonds. The zero-order valence-corrected chi connectivity index (χ0v) is 22.7. The Hall–Kier alpha value is -3.93. The Kier molecular flexibility index (Phi) is 12.5. The minimum Gasteiger partial charge on any atom is -0.351 e. The fourth-order valence-corrected chi connectivity index (χ4v) is 2.77. The number of guanidine groups is 2. The number of rotatable bonds is 2. The number of urea groups is 2. The number of nitrogens with zero attached hydrogens (tertiary/aromatic N) is 2. The van der Waals surface area contributed by atoms with E-state index < -0.39 is 29.2 Å². The van der Waals surface area contributed by atoms with Gasteiger partial charge in [0, 0.05) is 19.6 Å². The molecule has 0 unspecified atom stereocenters. The van der Waals surface area contributed by atoms with E-state index in [1.54, 1.807) is 32.0 Å². The van der Waals surface area contributed by atoms with Gasteiger partial charge in [0.15, 0.2) is 0 Å². The molecule has 204 valence electrons. The second-order valence-corrected chi connectivity index (χ2v) is 9.04. The second kappa shape index (κ2) is 14.0. The van der Waals surface area contributed by atoms with Crippen molar-refractivity contribution in [3.8, 4) is 0 Å². The summed E-state index contributed by atoms with van der Waals surface area (Å²) in [5, 5.41) is 22.4. The maximum Gasteiger partial charge on any atom is 0.321 e. The minimum absolute atomic E-state index is 0. The Balaban J connectivity index is 0.000000698. The number of carbonyl (C=O) groups is 2. The maximum atomic E-state index is 13.8. The zero-order chi connectivity index (χ0) is 27.8. The lowest BCUT2D eigenvalue weighted by Crippen LogP contribution is -2.51. The highest BCUT2D eigenvalue weighted by Crippen LogP contribution is 2.19. The van der Waals surface area contributed by atoms with Crippen LogP contribution in [0.15, 0.2) is 36.4 Å². The van der Waals surface area contributed by atoms with Crippen molar-refractivity contribution in [3.05, 3.63) is 59.2 Å². The smallest absolute Gasteiger partial charge is 0.321 e. The molecule has 0 atom stereocenters. The van der Waals surface area contributed by atoms with Gasteiger partial charge in [0.1, 0.15) is 11.6 Å². The van der Waals surface area contributed by atoms with Crippen LogP contribution in [0.2, 0.25) is 0 Å². The first-order valence-electron chi connectivity index (χ1n) is 10.8. The second-order valence-electron chi connectivity index (χ2n) is 9.04. The van der Waals surface area contributed by atoms with E-state index in [-0.39, 0.29) is 35.7 Å². The molecule has 7 N–H and O–H groups in total. The van der Waals surface area contributed by atoms with Crippen molar-refractivity contribution in [2.24, 2.45) is 5.73 Å². The van der Waals surface area contributed by atoms with Gasteiger partial charge < -0.3 is 20.9 Å². The number of halogens is 3. The van der Waals surface area contributed by atoms with E-state index in [0.717, 1.165) is 11.1 Å². The average molecular weight is 541 g/mol. The largest absolute Gasteiger partial charge is 0.351 e. The summed E-state index contributed by atoms with van der Waals surface area (Å²) in [6, 6.07) is 7.94. The Morgan fingerprint density at radius 2 is 1.22 bits per heavy atom. The summed E-state index contributed by atoms with van der Waals surface area (Å²) in [5.41, 5.74) is 6.46. The molecule has 0 heterocycles. The molecule has 0 radical (unpaired) electrons. The Morgan fingerprint density at radius 3 is 1.54 bits per heavy atom. The number of hydrogen-bond donors (Lipinski definition) is 6. The van der Waals surface area contributed by atoms with Crippen LogP contribution in [0.3, 0.4) is 0 Å². The molecule has 0 spiro atoms. The van der Waals surface area contributed by atoms with E-state index in [1.807, 2.05) is 20.8 Å². The van der Waals surface area contributed by atoms with E-state index in [4.69, 9.17) is 16.6 Å². The summed E-state index contributed by atoms with van der Waals surface area (Å²) in [7, 11) is 2.99. The molecule has 10 nitrogen and oxygen atoms in total. The number of anilines is 2. The normalized spacial score (nSPS) is 10.1. The SMILES string of the molecule is Cc1ccc(N(C)C(=N)NC(=O)NC(C)(C)C)c(F)c1.Cc1ccc(N(C)C(=N)NC(N)=O)c(F)c1.Cl. The van der Waals surface area contributed by atoms with Crippen molar-refractivity contribution in [1.82, 2.24) is 16.0 Å². The summed E-state index contributed by atoms with van der Waals surface area (Å²) in [5.74, 6) is -1.38. The molecule has 2 aromatic rings. The Morgan fingerprint density at radius 1 is 0.838 bits per heavy atom. The molecule has 0 fully saturated rings. The summed E-state index contributed by atoms with van der Waals surface area (Å²) in [6.45, 7) is 9.05. The van der Waals surface area contributed by atoms with Gasteiger partial charge in [-0.3, -0.25) is 21.5 Å². The summed E-state index contributed by atoms with van der Waals surface area (Å²) in [4.78, 5) is 24.7. The third kappa shape index (κ3) is 11.1. The van der Waals surface area contributed by atoms with Gasteiger partial charge in [-0.05, 0) is 70.0 Å². The first kappa shape index (κ1) is 33.1. The first-order valence-corrected chi connectivity index (χ1v) is 10.8. The fraction of sp³-hybridized carbons (Fsp3) is 0.333. The van der Waals surface area contributed by atoms with Crippen LogP contribution in [-0.4, -0.2) is 43.6 Å². The van der Waals surface area contributed by atoms with Crippen molar-refractivity contribution >= 4 is 47.8 Å². The third-order valence-electron chi connectivity index (χ3n) is 4.56. The molecular formula is C24H35ClF2N8O2. The number of nitrogens with one attached hydrogen (secondary N) is 5. The van der Waals surface area contributed by atoms with Gasteiger partial charge in [-0.25, -0.2) is 18.4 Å². The summed E-state index contributed by atoms with van der Waals surface area (Å²) >= 11 is 0. The minimum atomic E-state index is -0.857. The molecule has 0 aliphatic rings. The Bertz CT molecular complexity index is 1140. The highest BCUT2D eigenvalue weighted by Gasteiger charge is 2.18. The standard InChI is InChI=1S/C14H21FN4O.C10H13FN4O.ClH/c1-9-6-7-11(10(15)8-9)19(5)12(16)17-13(20)18-14(2,3)4;1-6-3-4-8(7(11)5-6)15(2)9(12)14-10(13)16;/h6-8H,1-5H3,(H3,16,17,18,20);3-5H,1-2H3,(H4,12,13,14,16);1H. The Labute approximate surface area is 222 Å². The highest BCUT2D eigenvalue weighted by molar-refractivity contribution is 6.03.